The number of hydrazine groups is 1. The molecule has 0 radical (unpaired) electrons. The molecule has 0 fully saturated rings. The van der Waals surface area contributed by atoms with Gasteiger partial charge in [0.15, 0.2) is 0 Å². The van der Waals surface area contributed by atoms with E-state index in [1.807, 2.05) is 49.4 Å². The summed E-state index contributed by atoms with van der Waals surface area (Å²) in [7, 11) is -3.66. The van der Waals surface area contributed by atoms with E-state index in [9.17, 15) is 13.2 Å². The third-order valence-electron chi connectivity index (χ3n) is 4.41. The number of carbonyl (C=O) groups is 1. The largest absolute Gasteiger partial charge is 0.287 e. The van der Waals surface area contributed by atoms with Crippen LogP contribution in [0.15, 0.2) is 89.8 Å². The molecule has 3 N–H and O–H groups in total. The molecule has 3 rings (SSSR count). The first kappa shape index (κ1) is 20.7. The van der Waals surface area contributed by atoms with E-state index in [0.717, 1.165) is 11.1 Å². The summed E-state index contributed by atoms with van der Waals surface area (Å²) in [5.41, 5.74) is 8.03. The van der Waals surface area contributed by atoms with Gasteiger partial charge in [0, 0.05) is 12.1 Å². The Labute approximate surface area is 171 Å². The highest BCUT2D eigenvalue weighted by molar-refractivity contribution is 7.89. The Balaban J connectivity index is 1.70. The highest BCUT2D eigenvalue weighted by Gasteiger charge is 2.18. The zero-order chi connectivity index (χ0) is 20.7. The van der Waals surface area contributed by atoms with Crippen molar-refractivity contribution < 1.29 is 13.2 Å². The number of sulfonamides is 1. The van der Waals surface area contributed by atoms with E-state index in [1.54, 1.807) is 30.3 Å². The molecule has 3 aromatic carbocycles. The van der Waals surface area contributed by atoms with E-state index in [-0.39, 0.29) is 17.3 Å². The van der Waals surface area contributed by atoms with Gasteiger partial charge in [0.1, 0.15) is 0 Å². The van der Waals surface area contributed by atoms with Gasteiger partial charge in [-0.15, -0.1) is 0 Å². The van der Waals surface area contributed by atoms with Crippen LogP contribution in [0.2, 0.25) is 0 Å². The van der Waals surface area contributed by atoms with Crippen molar-refractivity contribution in [3.05, 3.63) is 102 Å². The van der Waals surface area contributed by atoms with Gasteiger partial charge in [-0.3, -0.25) is 10.2 Å². The van der Waals surface area contributed by atoms with E-state index in [0.29, 0.717) is 5.56 Å². The lowest BCUT2D eigenvalue weighted by molar-refractivity contribution is 0.0925. The van der Waals surface area contributed by atoms with Gasteiger partial charge < -0.3 is 0 Å². The van der Waals surface area contributed by atoms with Crippen LogP contribution in [0.3, 0.4) is 0 Å². The van der Waals surface area contributed by atoms with E-state index >= 15 is 0 Å². The molecule has 6 nitrogen and oxygen atoms in total. The van der Waals surface area contributed by atoms with Crippen LogP contribution in [0.25, 0.3) is 0 Å². The number of hydrogen-bond acceptors (Lipinski definition) is 4. The van der Waals surface area contributed by atoms with Crippen molar-refractivity contribution in [3.8, 4) is 0 Å². The monoisotopic (exact) mass is 409 g/mol. The molecule has 29 heavy (non-hydrogen) atoms. The number of rotatable bonds is 8. The second-order valence-electron chi connectivity index (χ2n) is 6.59. The highest BCUT2D eigenvalue weighted by atomic mass is 32.2. The molecule has 0 bridgehead atoms. The van der Waals surface area contributed by atoms with Crippen LogP contribution in [0.5, 0.6) is 0 Å². The summed E-state index contributed by atoms with van der Waals surface area (Å²) in [6.45, 7) is 2.01. The second kappa shape index (κ2) is 9.47. The standard InChI is InChI=1S/C22H23N3O3S/c1-17-12-14-19(15-13-17)22(26)25-24-21(18-8-4-2-5-9-18)16-23-29(27,28)20-10-6-3-7-11-20/h2-15,21,23-24H,16H2,1H3,(H,25,26)/t21-/m0/s1. The molecular formula is C22H23N3O3S. The molecule has 0 heterocycles. The molecule has 1 amide bonds. The molecule has 0 spiro atoms. The first-order valence-electron chi connectivity index (χ1n) is 9.18. The summed E-state index contributed by atoms with van der Waals surface area (Å²) in [6, 6.07) is 24.2. The first-order chi connectivity index (χ1) is 14.0. The fourth-order valence-corrected chi connectivity index (χ4v) is 3.81. The minimum absolute atomic E-state index is 0.0649. The van der Waals surface area contributed by atoms with Gasteiger partial charge in [0.2, 0.25) is 10.0 Å². The number of aryl methyl sites for hydroxylation is 1. The van der Waals surface area contributed by atoms with E-state index in [1.165, 1.54) is 12.1 Å². The molecule has 0 aliphatic carbocycles. The van der Waals surface area contributed by atoms with Crippen molar-refractivity contribution in [1.82, 2.24) is 15.6 Å². The van der Waals surface area contributed by atoms with Crippen LogP contribution < -0.4 is 15.6 Å². The SMILES string of the molecule is Cc1ccc(C(=O)NN[C@@H](CNS(=O)(=O)c2ccccc2)c2ccccc2)cc1. The average molecular weight is 410 g/mol. The number of hydrogen-bond donors (Lipinski definition) is 3. The van der Waals surface area contributed by atoms with Gasteiger partial charge in [0.25, 0.3) is 5.91 Å². The van der Waals surface area contributed by atoms with Crippen molar-refractivity contribution in [2.24, 2.45) is 0 Å². The topological polar surface area (TPSA) is 87.3 Å². The van der Waals surface area contributed by atoms with Crippen molar-refractivity contribution in [2.75, 3.05) is 6.54 Å². The van der Waals surface area contributed by atoms with Gasteiger partial charge in [-0.05, 0) is 36.8 Å². The van der Waals surface area contributed by atoms with Gasteiger partial charge >= 0.3 is 0 Å². The molecule has 150 valence electrons. The number of nitrogens with one attached hydrogen (secondary N) is 3. The van der Waals surface area contributed by atoms with E-state index < -0.39 is 16.1 Å². The lowest BCUT2D eigenvalue weighted by Crippen LogP contribution is -2.44. The van der Waals surface area contributed by atoms with E-state index in [4.69, 9.17) is 0 Å². The Bertz CT molecular complexity index is 1040. The lowest BCUT2D eigenvalue weighted by Gasteiger charge is -2.20. The maximum atomic E-state index is 12.5. The summed E-state index contributed by atoms with van der Waals surface area (Å²) >= 11 is 0. The van der Waals surface area contributed by atoms with Crippen molar-refractivity contribution in [2.45, 2.75) is 17.9 Å². The molecule has 0 unspecified atom stereocenters. The first-order valence-corrected chi connectivity index (χ1v) is 10.7. The number of carbonyl (C=O) groups excluding carboxylic acids is 1. The lowest BCUT2D eigenvalue weighted by atomic mass is 10.1. The maximum absolute atomic E-state index is 12.5. The molecule has 0 aliphatic rings. The zero-order valence-electron chi connectivity index (χ0n) is 16.0. The number of amides is 1. The third kappa shape index (κ3) is 5.74. The molecule has 1 atom stereocenters. The van der Waals surface area contributed by atoms with Gasteiger partial charge in [0.05, 0.1) is 10.9 Å². The fraction of sp³-hybridized carbons (Fsp3) is 0.136. The molecule has 7 heteroatoms. The predicted molar refractivity (Wildman–Crippen MR) is 113 cm³/mol. The van der Waals surface area contributed by atoms with Crippen LogP contribution in [0.1, 0.15) is 27.5 Å². The molecule has 3 aromatic rings. The van der Waals surface area contributed by atoms with Crippen LogP contribution in [0.4, 0.5) is 0 Å². The Kier molecular flexibility index (Phi) is 6.77. The highest BCUT2D eigenvalue weighted by Crippen LogP contribution is 2.13. The van der Waals surface area contributed by atoms with Crippen LogP contribution >= 0.6 is 0 Å². The summed E-state index contributed by atoms with van der Waals surface area (Å²) < 4.78 is 27.7. The van der Waals surface area contributed by atoms with Crippen molar-refractivity contribution in [3.63, 3.8) is 0 Å². The normalized spacial score (nSPS) is 12.3. The Morgan fingerprint density at radius 2 is 1.45 bits per heavy atom. The Hall–Kier alpha value is -3.00. The summed E-state index contributed by atoms with van der Waals surface area (Å²) in [5, 5.41) is 0. The third-order valence-corrected chi connectivity index (χ3v) is 5.85. The van der Waals surface area contributed by atoms with Crippen LogP contribution in [-0.4, -0.2) is 20.9 Å². The minimum atomic E-state index is -3.66. The molecule has 0 saturated carbocycles. The Morgan fingerprint density at radius 3 is 2.07 bits per heavy atom. The maximum Gasteiger partial charge on any atom is 0.265 e. The van der Waals surface area contributed by atoms with Crippen molar-refractivity contribution >= 4 is 15.9 Å². The van der Waals surface area contributed by atoms with E-state index in [2.05, 4.69) is 15.6 Å². The van der Waals surface area contributed by atoms with Gasteiger partial charge in [-0.1, -0.05) is 66.2 Å². The summed E-state index contributed by atoms with van der Waals surface area (Å²) in [5.74, 6) is -0.295. The molecular weight excluding hydrogens is 386 g/mol. The second-order valence-corrected chi connectivity index (χ2v) is 8.36. The van der Waals surface area contributed by atoms with Gasteiger partial charge in [-0.2, -0.15) is 0 Å². The zero-order valence-corrected chi connectivity index (χ0v) is 16.8. The smallest absolute Gasteiger partial charge is 0.265 e. The summed E-state index contributed by atoms with van der Waals surface area (Å²) in [6.07, 6.45) is 0. The fourth-order valence-electron chi connectivity index (χ4n) is 2.74. The molecule has 0 aliphatic heterocycles. The predicted octanol–water partition coefficient (Wildman–Crippen LogP) is 2.95. The minimum Gasteiger partial charge on any atom is -0.287 e. The van der Waals surface area contributed by atoms with Crippen LogP contribution in [0, 0.1) is 6.92 Å². The van der Waals surface area contributed by atoms with Crippen LogP contribution in [-0.2, 0) is 10.0 Å². The average Bonchev–Trinajstić information content (AvgIpc) is 2.75. The quantitative estimate of drug-likeness (QED) is 0.499. The van der Waals surface area contributed by atoms with Crippen molar-refractivity contribution in [1.29, 1.82) is 0 Å². The summed E-state index contributed by atoms with van der Waals surface area (Å²) in [4.78, 5) is 12.6. The van der Waals surface area contributed by atoms with Gasteiger partial charge in [-0.25, -0.2) is 18.6 Å². The molecule has 0 aromatic heterocycles. The Morgan fingerprint density at radius 1 is 0.862 bits per heavy atom. The molecule has 0 saturated heterocycles. The number of benzene rings is 3.